The standard InChI is InChI=1S/C58H43N/c1-57(2)52-25-13-15-27-54(52)58(55-28-16-14-26-53(55)57)51-24-12-11-23-49(51)50-38-37-46(39-56(50)58)59(44-33-29-41(30-34-44)40-17-5-3-6-18-40)45-35-31-43(32-36-45)48-22-10-9-21-47(48)42-19-7-4-8-20-42/h3-39H,1-2H3. The summed E-state index contributed by atoms with van der Waals surface area (Å²) >= 11 is 0. The SMILES string of the molecule is CC1(C)c2ccccc2C2(c3ccccc3-c3ccc(N(c4ccc(-c5ccccc5)cc4)c4ccc(-c5ccccc5-c5ccccc5)cc4)cc32)c2ccccc21. The van der Waals surface area contributed by atoms with Gasteiger partial charge in [0.1, 0.15) is 0 Å². The topological polar surface area (TPSA) is 3.24 Å². The first kappa shape index (κ1) is 35.0. The van der Waals surface area contributed by atoms with Crippen molar-refractivity contribution in [3.63, 3.8) is 0 Å². The van der Waals surface area contributed by atoms with E-state index in [1.807, 2.05) is 0 Å². The number of fused-ring (bicyclic) bond motifs is 9. The molecule has 0 aliphatic heterocycles. The van der Waals surface area contributed by atoms with Crippen molar-refractivity contribution in [3.05, 3.63) is 258 Å². The van der Waals surface area contributed by atoms with Crippen molar-refractivity contribution in [2.24, 2.45) is 0 Å². The highest BCUT2D eigenvalue weighted by Crippen LogP contribution is 2.62. The van der Waals surface area contributed by atoms with Gasteiger partial charge in [-0.25, -0.2) is 0 Å². The predicted octanol–water partition coefficient (Wildman–Crippen LogP) is 15.2. The van der Waals surface area contributed by atoms with E-state index in [2.05, 4.69) is 243 Å². The molecule has 0 atom stereocenters. The van der Waals surface area contributed by atoms with Crippen molar-refractivity contribution >= 4 is 17.1 Å². The van der Waals surface area contributed by atoms with Crippen LogP contribution in [0.5, 0.6) is 0 Å². The number of hydrogen-bond donors (Lipinski definition) is 0. The Morgan fingerprint density at radius 3 is 1.20 bits per heavy atom. The molecule has 0 radical (unpaired) electrons. The minimum Gasteiger partial charge on any atom is -0.310 e. The first-order chi connectivity index (χ1) is 29.0. The van der Waals surface area contributed by atoms with Crippen LogP contribution in [-0.4, -0.2) is 0 Å². The summed E-state index contributed by atoms with van der Waals surface area (Å²) in [5.74, 6) is 0. The summed E-state index contributed by atoms with van der Waals surface area (Å²) < 4.78 is 0. The van der Waals surface area contributed by atoms with Crippen LogP contribution < -0.4 is 4.90 Å². The Hall–Kier alpha value is -7.22. The van der Waals surface area contributed by atoms with Gasteiger partial charge in [-0.15, -0.1) is 0 Å². The number of nitrogens with zero attached hydrogens (tertiary/aromatic N) is 1. The van der Waals surface area contributed by atoms with Crippen molar-refractivity contribution in [2.75, 3.05) is 4.90 Å². The molecular formula is C58H43N. The van der Waals surface area contributed by atoms with Crippen LogP contribution in [0.15, 0.2) is 224 Å². The molecule has 9 aromatic rings. The molecule has 2 aliphatic rings. The maximum atomic E-state index is 2.49. The molecule has 0 saturated heterocycles. The van der Waals surface area contributed by atoms with Gasteiger partial charge in [0.15, 0.2) is 0 Å². The zero-order chi connectivity index (χ0) is 39.6. The molecule has 1 heteroatoms. The van der Waals surface area contributed by atoms with Crippen molar-refractivity contribution in [2.45, 2.75) is 24.7 Å². The summed E-state index contributed by atoms with van der Waals surface area (Å²) in [5, 5.41) is 0. The first-order valence-corrected chi connectivity index (χ1v) is 20.7. The van der Waals surface area contributed by atoms with Crippen LogP contribution in [0.25, 0.3) is 44.5 Å². The Bertz CT molecular complexity index is 2940. The van der Waals surface area contributed by atoms with E-state index in [1.165, 1.54) is 77.9 Å². The Labute approximate surface area is 347 Å². The van der Waals surface area contributed by atoms with Gasteiger partial charge >= 0.3 is 0 Å². The quantitative estimate of drug-likeness (QED) is 0.163. The third kappa shape index (κ3) is 5.39. The average molecular weight is 754 g/mol. The molecule has 59 heavy (non-hydrogen) atoms. The molecule has 0 saturated carbocycles. The van der Waals surface area contributed by atoms with E-state index in [1.54, 1.807) is 0 Å². The van der Waals surface area contributed by atoms with Gasteiger partial charge in [-0.2, -0.15) is 0 Å². The van der Waals surface area contributed by atoms with Gasteiger partial charge < -0.3 is 4.90 Å². The average Bonchev–Trinajstić information content (AvgIpc) is 3.60. The van der Waals surface area contributed by atoms with Gasteiger partial charge in [0.05, 0.1) is 5.41 Å². The van der Waals surface area contributed by atoms with Crippen molar-refractivity contribution in [3.8, 4) is 44.5 Å². The minimum absolute atomic E-state index is 0.152. The lowest BCUT2D eigenvalue weighted by atomic mass is 9.55. The number of benzene rings is 9. The molecule has 1 spiro atoms. The molecule has 0 bridgehead atoms. The molecule has 9 aromatic carbocycles. The molecule has 0 amide bonds. The Balaban J connectivity index is 1.12. The zero-order valence-corrected chi connectivity index (χ0v) is 33.3. The fraction of sp³-hybridized carbons (Fsp3) is 0.0690. The van der Waals surface area contributed by atoms with E-state index in [0.29, 0.717) is 0 Å². The summed E-state index contributed by atoms with van der Waals surface area (Å²) in [7, 11) is 0. The molecule has 280 valence electrons. The Morgan fingerprint density at radius 1 is 0.271 bits per heavy atom. The van der Waals surface area contributed by atoms with E-state index in [4.69, 9.17) is 0 Å². The second kappa shape index (κ2) is 13.7. The molecule has 1 nitrogen and oxygen atoms in total. The van der Waals surface area contributed by atoms with Gasteiger partial charge in [0.2, 0.25) is 0 Å². The van der Waals surface area contributed by atoms with Gasteiger partial charge in [0, 0.05) is 22.5 Å². The maximum absolute atomic E-state index is 2.49. The number of hydrogen-bond acceptors (Lipinski definition) is 1. The van der Waals surface area contributed by atoms with Gasteiger partial charge in [-0.1, -0.05) is 202 Å². The lowest BCUT2D eigenvalue weighted by molar-refractivity contribution is 0.563. The van der Waals surface area contributed by atoms with Gasteiger partial charge in [-0.3, -0.25) is 0 Å². The normalized spacial score (nSPS) is 13.9. The lowest BCUT2D eigenvalue weighted by Crippen LogP contribution is -2.40. The fourth-order valence-corrected chi connectivity index (χ4v) is 10.3. The van der Waals surface area contributed by atoms with Crippen LogP contribution in [0, 0.1) is 0 Å². The third-order valence-electron chi connectivity index (χ3n) is 13.0. The third-order valence-corrected chi connectivity index (χ3v) is 13.0. The summed E-state index contributed by atoms with van der Waals surface area (Å²) in [4.78, 5) is 2.43. The molecule has 0 heterocycles. The van der Waals surface area contributed by atoms with Crippen LogP contribution in [0.1, 0.15) is 47.2 Å². The highest BCUT2D eigenvalue weighted by Gasteiger charge is 2.53. The first-order valence-electron chi connectivity index (χ1n) is 20.7. The van der Waals surface area contributed by atoms with E-state index < -0.39 is 5.41 Å². The molecule has 11 rings (SSSR count). The van der Waals surface area contributed by atoms with Gasteiger partial charge in [-0.05, 0) is 114 Å². The van der Waals surface area contributed by atoms with E-state index >= 15 is 0 Å². The van der Waals surface area contributed by atoms with E-state index in [0.717, 1.165) is 17.1 Å². The summed E-state index contributed by atoms with van der Waals surface area (Å²) in [5.41, 5.74) is 20.7. The van der Waals surface area contributed by atoms with Crippen LogP contribution in [0.2, 0.25) is 0 Å². The van der Waals surface area contributed by atoms with Crippen LogP contribution >= 0.6 is 0 Å². The highest BCUT2D eigenvalue weighted by atomic mass is 15.1. The van der Waals surface area contributed by atoms with E-state index in [9.17, 15) is 0 Å². The van der Waals surface area contributed by atoms with Crippen LogP contribution in [0.3, 0.4) is 0 Å². The molecule has 0 aromatic heterocycles. The monoisotopic (exact) mass is 753 g/mol. The van der Waals surface area contributed by atoms with Crippen LogP contribution in [-0.2, 0) is 10.8 Å². The van der Waals surface area contributed by atoms with Crippen LogP contribution in [0.4, 0.5) is 17.1 Å². The second-order valence-electron chi connectivity index (χ2n) is 16.4. The van der Waals surface area contributed by atoms with Crippen molar-refractivity contribution < 1.29 is 0 Å². The van der Waals surface area contributed by atoms with Crippen molar-refractivity contribution in [1.82, 2.24) is 0 Å². The summed E-state index contributed by atoms with van der Waals surface area (Å²) in [6, 6.07) is 82.9. The zero-order valence-electron chi connectivity index (χ0n) is 33.3. The largest absolute Gasteiger partial charge is 0.310 e. The molecule has 0 N–H and O–H groups in total. The summed E-state index contributed by atoms with van der Waals surface area (Å²) in [6.07, 6.45) is 0. The second-order valence-corrected chi connectivity index (χ2v) is 16.4. The molecule has 0 fully saturated rings. The Kier molecular flexibility index (Phi) is 8.13. The van der Waals surface area contributed by atoms with Gasteiger partial charge in [0.25, 0.3) is 0 Å². The maximum Gasteiger partial charge on any atom is 0.0720 e. The minimum atomic E-state index is -0.474. The fourth-order valence-electron chi connectivity index (χ4n) is 10.3. The van der Waals surface area contributed by atoms with Crippen molar-refractivity contribution in [1.29, 1.82) is 0 Å². The highest BCUT2D eigenvalue weighted by molar-refractivity contribution is 5.92. The summed E-state index contributed by atoms with van der Waals surface area (Å²) in [6.45, 7) is 4.77. The Morgan fingerprint density at radius 2 is 0.644 bits per heavy atom. The number of anilines is 3. The smallest absolute Gasteiger partial charge is 0.0720 e. The molecule has 2 aliphatic carbocycles. The number of rotatable bonds is 6. The lowest BCUT2D eigenvalue weighted by Gasteiger charge is -2.46. The van der Waals surface area contributed by atoms with E-state index in [-0.39, 0.29) is 5.41 Å². The molecule has 0 unspecified atom stereocenters. The molecular weight excluding hydrogens is 711 g/mol. The predicted molar refractivity (Wildman–Crippen MR) is 247 cm³/mol.